The maximum Gasteiger partial charge on any atom is 0 e. The Morgan fingerprint density at radius 3 is 2.33 bits per heavy atom. The van der Waals surface area contributed by atoms with Gasteiger partial charge in [-0.15, -0.1) is 0 Å². The Kier molecular flexibility index (Phi) is 13.4. The van der Waals surface area contributed by atoms with Gasteiger partial charge >= 0.3 is 62.1 Å². The maximum atomic E-state index is 5.56. The fraction of sp³-hybridized carbons (Fsp3) is 1.00. The first kappa shape index (κ1) is 12.9. The molecule has 0 saturated carbocycles. The molecule has 0 heterocycles. The minimum absolute atomic E-state index is 0. The molecule has 0 aliphatic heterocycles. The van der Waals surface area contributed by atoms with Gasteiger partial charge in [0.25, 0.3) is 0 Å². The van der Waals surface area contributed by atoms with E-state index in [0.29, 0.717) is 4.51 Å². The van der Waals surface area contributed by atoms with Crippen molar-refractivity contribution in [1.29, 1.82) is 0 Å². The van der Waals surface area contributed by atoms with Crippen LogP contribution in [0.4, 0.5) is 0 Å². The van der Waals surface area contributed by atoms with E-state index in [0.717, 1.165) is 0 Å². The predicted molar refractivity (Wildman–Crippen MR) is 32.1 cm³/mol. The van der Waals surface area contributed by atoms with Crippen molar-refractivity contribution in [2.45, 2.75) is 37.1 Å². The number of nitrogens with two attached hydrogens (primary N) is 1. The third-order valence-corrected chi connectivity index (χ3v) is 1.87. The van der Waals surface area contributed by atoms with Gasteiger partial charge < -0.3 is 0 Å². The summed E-state index contributed by atoms with van der Waals surface area (Å²) in [5.41, 5.74) is 5.56. The minimum atomic E-state index is 0. The Bertz CT molecular complexity index is 50.3. The number of hydrogen-bond acceptors (Lipinski definition) is 1. The summed E-state index contributed by atoms with van der Waals surface area (Å²) < 4.78 is 0.460. The topological polar surface area (TPSA) is 26.0 Å². The summed E-state index contributed by atoms with van der Waals surface area (Å²) >= 11 is 1.70. The number of rotatable bonds is 4. The zero-order valence-corrected chi connectivity index (χ0v) is 11.4. The van der Waals surface area contributed by atoms with Crippen LogP contribution < -0.4 is 5.73 Å². The molecule has 0 saturated heterocycles. The van der Waals surface area contributed by atoms with Crippen LogP contribution in [0.3, 0.4) is 0 Å². The normalized spacial score (nSPS) is 12.3. The molecule has 0 rings (SSSR count). The minimum Gasteiger partial charge on any atom is 0 e. The van der Waals surface area contributed by atoms with Gasteiger partial charge in [-0.1, -0.05) is 0 Å². The molecule has 0 amide bonds. The summed E-state index contributed by atoms with van der Waals surface area (Å²) in [4.78, 5) is 0. The van der Waals surface area contributed by atoms with Gasteiger partial charge in [0.05, 0.1) is 0 Å². The van der Waals surface area contributed by atoms with Gasteiger partial charge in [0.15, 0.2) is 0 Å². The Hall–Kier alpha value is 1.31. The quantitative estimate of drug-likeness (QED) is 0.619. The largest absolute Gasteiger partial charge is 0 e. The fourth-order valence-corrected chi connectivity index (χ4v) is 1.14. The van der Waals surface area contributed by atoms with E-state index in [1.165, 1.54) is 25.7 Å². The molecule has 0 bridgehead atoms. The van der Waals surface area contributed by atoms with Gasteiger partial charge in [-0.3, -0.25) is 0 Å². The second kappa shape index (κ2) is 9.31. The van der Waals surface area contributed by atoms with E-state index >= 15 is 0 Å². The molecule has 2 N–H and O–H groups in total. The van der Waals surface area contributed by atoms with Gasteiger partial charge in [0, 0.05) is 21.1 Å². The summed E-state index contributed by atoms with van der Waals surface area (Å²) in [6.45, 7) is 2.21. The summed E-state index contributed by atoms with van der Waals surface area (Å²) in [7, 11) is 0. The molecule has 0 aromatic carbocycles. The molecule has 3 heteroatoms. The van der Waals surface area contributed by atoms with Crippen LogP contribution in [0.25, 0.3) is 0 Å². The van der Waals surface area contributed by atoms with Gasteiger partial charge in [0.2, 0.25) is 0 Å². The van der Waals surface area contributed by atoms with Crippen molar-refractivity contribution in [3.8, 4) is 0 Å². The molecule has 0 spiro atoms. The van der Waals surface area contributed by atoms with Crippen LogP contribution in [-0.4, -0.2) is 4.51 Å². The molecular weight excluding hydrogens is 456 g/mol. The van der Waals surface area contributed by atoms with Crippen molar-refractivity contribution in [2.75, 3.05) is 0 Å². The predicted octanol–water partition coefficient (Wildman–Crippen LogP) is 1.40. The monoisotopic (exact) mass is 471 g/mol. The average Bonchev–Trinajstić information content (AvgIpc) is 1.66. The van der Waals surface area contributed by atoms with E-state index < -0.39 is 0 Å². The Labute approximate surface area is 82.8 Å². The molecule has 0 radical (unpaired) electrons. The average molecular weight is 470 g/mol. The van der Waals surface area contributed by atoms with Crippen molar-refractivity contribution < 1.29 is 40.3 Å². The summed E-state index contributed by atoms with van der Waals surface area (Å²) in [5, 5.41) is 0. The second-order valence-corrected chi connectivity index (χ2v) is 4.03. The maximum absolute atomic E-state index is 5.56. The molecule has 0 aromatic heterocycles. The molecule has 0 aliphatic rings. The van der Waals surface area contributed by atoms with E-state index in [1.807, 2.05) is 0 Å². The molecule has 1 unspecified atom stereocenters. The Balaban J connectivity index is 0. The molecule has 1 atom stereocenters. The molecule has 56 valence electrons. The number of hydrogen-bond donors (Lipinski definition) is 1. The fourth-order valence-electron chi connectivity index (χ4n) is 0.589. The van der Waals surface area contributed by atoms with Crippen LogP contribution in [0.1, 0.15) is 32.6 Å². The molecule has 9 heavy (non-hydrogen) atoms. The third-order valence-electron chi connectivity index (χ3n) is 1.08. The van der Waals surface area contributed by atoms with Crippen LogP contribution in [-0.2, 0) is 40.3 Å². The standard InChI is InChI=1S/C6H14N.Re.W/c1-2-3-4-5-6-7;;/h6H,2-5,7H2,1H3;;. The van der Waals surface area contributed by atoms with Crippen molar-refractivity contribution in [3.63, 3.8) is 0 Å². The van der Waals surface area contributed by atoms with Crippen LogP contribution in [0.15, 0.2) is 0 Å². The van der Waals surface area contributed by atoms with E-state index in [9.17, 15) is 0 Å². The van der Waals surface area contributed by atoms with Gasteiger partial charge in [0.1, 0.15) is 0 Å². The summed E-state index contributed by atoms with van der Waals surface area (Å²) in [6, 6.07) is 0. The van der Waals surface area contributed by atoms with Crippen molar-refractivity contribution in [2.24, 2.45) is 5.73 Å². The van der Waals surface area contributed by atoms with Crippen molar-refractivity contribution >= 4 is 0 Å². The Morgan fingerprint density at radius 1 is 1.44 bits per heavy atom. The van der Waals surface area contributed by atoms with Gasteiger partial charge in [-0.05, 0) is 0 Å². The van der Waals surface area contributed by atoms with Crippen LogP contribution in [0, 0.1) is 0 Å². The molecular formula is C6H14NReW. The zero-order chi connectivity index (χ0) is 6.41. The van der Waals surface area contributed by atoms with Crippen molar-refractivity contribution in [1.82, 2.24) is 0 Å². The van der Waals surface area contributed by atoms with Crippen molar-refractivity contribution in [3.05, 3.63) is 0 Å². The first-order chi connectivity index (χ1) is 3.77. The smallest absolute Gasteiger partial charge is 0 e. The molecule has 0 aliphatic carbocycles. The van der Waals surface area contributed by atoms with Crippen LogP contribution >= 0.6 is 0 Å². The SMILES string of the molecule is CCCCC[CH](N)[Re].[W]. The molecule has 0 aromatic rings. The van der Waals surface area contributed by atoms with E-state index in [2.05, 4.69) is 6.92 Å². The van der Waals surface area contributed by atoms with Gasteiger partial charge in [-0.25, -0.2) is 0 Å². The van der Waals surface area contributed by atoms with Crippen LogP contribution in [0.2, 0.25) is 0 Å². The van der Waals surface area contributed by atoms with Crippen LogP contribution in [0.5, 0.6) is 0 Å². The van der Waals surface area contributed by atoms with E-state index in [4.69, 9.17) is 5.73 Å². The Morgan fingerprint density at radius 2 is 2.00 bits per heavy atom. The third kappa shape index (κ3) is 12.5. The first-order valence-corrected chi connectivity index (χ1v) is 4.73. The molecule has 0 fully saturated rings. The second-order valence-electron chi connectivity index (χ2n) is 2.01. The summed E-state index contributed by atoms with van der Waals surface area (Å²) in [6.07, 6.45) is 5.17. The van der Waals surface area contributed by atoms with Gasteiger partial charge in [-0.2, -0.15) is 0 Å². The first-order valence-electron chi connectivity index (χ1n) is 3.17. The van der Waals surface area contributed by atoms with E-state index in [1.54, 1.807) is 19.2 Å². The molecule has 1 nitrogen and oxygen atoms in total. The van der Waals surface area contributed by atoms with E-state index in [-0.39, 0.29) is 21.1 Å². The number of unbranched alkanes of at least 4 members (excludes halogenated alkanes) is 2. The summed E-state index contributed by atoms with van der Waals surface area (Å²) in [5.74, 6) is 0. The zero-order valence-electron chi connectivity index (χ0n) is 5.77.